The van der Waals surface area contributed by atoms with Crippen LogP contribution in [0, 0.1) is 25.7 Å². The van der Waals surface area contributed by atoms with Gasteiger partial charge in [0.15, 0.2) is 0 Å². The molecule has 1 N–H and O–H groups in total. The van der Waals surface area contributed by atoms with E-state index in [4.69, 9.17) is 9.73 Å². The number of nitrogens with one attached hydrogen (secondary N) is 1. The third kappa shape index (κ3) is 4.49. The van der Waals surface area contributed by atoms with Gasteiger partial charge < -0.3 is 9.64 Å². The summed E-state index contributed by atoms with van der Waals surface area (Å²) in [6.07, 6.45) is 4.43. The van der Waals surface area contributed by atoms with Crippen molar-refractivity contribution in [3.8, 4) is 0 Å². The van der Waals surface area contributed by atoms with Gasteiger partial charge in [0.1, 0.15) is 5.69 Å². The molecule has 2 heterocycles. The fourth-order valence-corrected chi connectivity index (χ4v) is 5.31. The van der Waals surface area contributed by atoms with Gasteiger partial charge in [-0.2, -0.15) is 5.10 Å². The zero-order chi connectivity index (χ0) is 23.1. The molecule has 2 aromatic rings. The number of aromatic nitrogens is 2. The van der Waals surface area contributed by atoms with Crippen LogP contribution in [0.5, 0.6) is 0 Å². The Morgan fingerprint density at radius 1 is 1.21 bits per heavy atom. The van der Waals surface area contributed by atoms with Crippen LogP contribution in [0.15, 0.2) is 17.1 Å². The number of carbonyl (C=O) groups excluding carboxylic acids is 1. The van der Waals surface area contributed by atoms with Crippen molar-refractivity contribution < 1.29 is 9.53 Å². The van der Waals surface area contributed by atoms with Crippen LogP contribution in [0.1, 0.15) is 47.8 Å². The summed E-state index contributed by atoms with van der Waals surface area (Å²) in [5.41, 5.74) is 8.76. The zero-order valence-corrected chi connectivity index (χ0v) is 20.3. The SMILES string of the molecule is CCC(=Nc1cc(N(C)C(=O)CN2CCOCC2)c(C)cc1C)c1n[nH]c2c1CC1CC1C2. The number of hydrogen-bond acceptors (Lipinski definition) is 5. The first kappa shape index (κ1) is 22.3. The van der Waals surface area contributed by atoms with Crippen LogP contribution in [-0.4, -0.2) is 66.6 Å². The molecule has 0 spiro atoms. The highest BCUT2D eigenvalue weighted by Gasteiger charge is 2.43. The fraction of sp³-hybridized carbons (Fsp3) is 0.577. The average Bonchev–Trinajstić information content (AvgIpc) is 3.46. The molecule has 1 saturated heterocycles. The lowest BCUT2D eigenvalue weighted by Crippen LogP contribution is -2.43. The third-order valence-electron chi connectivity index (χ3n) is 7.53. The van der Waals surface area contributed by atoms with Crippen LogP contribution in [-0.2, 0) is 22.4 Å². The molecule has 7 nitrogen and oxygen atoms in total. The highest BCUT2D eigenvalue weighted by atomic mass is 16.5. The Morgan fingerprint density at radius 3 is 2.73 bits per heavy atom. The molecule has 0 radical (unpaired) electrons. The van der Waals surface area contributed by atoms with Crippen LogP contribution >= 0.6 is 0 Å². The number of nitrogens with zero attached hydrogens (tertiary/aromatic N) is 4. The lowest BCUT2D eigenvalue weighted by atomic mass is 9.94. The summed E-state index contributed by atoms with van der Waals surface area (Å²) in [6.45, 7) is 9.70. The molecule has 176 valence electrons. The molecule has 1 aliphatic heterocycles. The van der Waals surface area contributed by atoms with Gasteiger partial charge in [-0.15, -0.1) is 0 Å². The van der Waals surface area contributed by atoms with Gasteiger partial charge in [0.2, 0.25) is 5.91 Å². The van der Waals surface area contributed by atoms with Crippen LogP contribution in [0.2, 0.25) is 0 Å². The number of aliphatic imine (C=N–C) groups is 1. The van der Waals surface area contributed by atoms with Crippen molar-refractivity contribution in [2.24, 2.45) is 16.8 Å². The van der Waals surface area contributed by atoms with E-state index < -0.39 is 0 Å². The molecular weight excluding hydrogens is 414 g/mol. The predicted molar refractivity (Wildman–Crippen MR) is 131 cm³/mol. The number of fused-ring (bicyclic) bond motifs is 2. The minimum absolute atomic E-state index is 0.0925. The topological polar surface area (TPSA) is 73.8 Å². The van der Waals surface area contributed by atoms with Gasteiger partial charge in [-0.25, -0.2) is 0 Å². The summed E-state index contributed by atoms with van der Waals surface area (Å²) >= 11 is 0. The van der Waals surface area contributed by atoms with Crippen LogP contribution in [0.25, 0.3) is 0 Å². The Hall–Kier alpha value is -2.51. The number of H-pyrrole nitrogens is 1. The number of benzene rings is 1. The normalized spacial score (nSPS) is 22.6. The quantitative estimate of drug-likeness (QED) is 0.684. The van der Waals surface area contributed by atoms with E-state index in [1.807, 2.05) is 7.05 Å². The number of aryl methyl sites for hydroxylation is 2. The Balaban J connectivity index is 1.41. The third-order valence-corrected chi connectivity index (χ3v) is 7.53. The molecule has 2 fully saturated rings. The van der Waals surface area contributed by atoms with Gasteiger partial charge in [0, 0.05) is 37.1 Å². The Kier molecular flexibility index (Phi) is 6.10. The number of ether oxygens (including phenoxy) is 1. The minimum Gasteiger partial charge on any atom is -0.379 e. The van der Waals surface area contributed by atoms with Crippen molar-refractivity contribution in [2.75, 3.05) is 44.8 Å². The lowest BCUT2D eigenvalue weighted by Gasteiger charge is -2.28. The molecule has 2 atom stereocenters. The van der Waals surface area contributed by atoms with Gasteiger partial charge in [-0.3, -0.25) is 19.8 Å². The molecule has 1 saturated carbocycles. The molecule has 3 aliphatic rings. The summed E-state index contributed by atoms with van der Waals surface area (Å²) in [5, 5.41) is 7.98. The monoisotopic (exact) mass is 449 g/mol. The van der Waals surface area contributed by atoms with E-state index in [0.717, 1.165) is 78.1 Å². The fourth-order valence-electron chi connectivity index (χ4n) is 5.31. The summed E-state index contributed by atoms with van der Waals surface area (Å²) < 4.78 is 5.41. The first-order chi connectivity index (χ1) is 15.9. The maximum absolute atomic E-state index is 13.0. The second-order valence-corrected chi connectivity index (χ2v) is 9.87. The highest BCUT2D eigenvalue weighted by Crippen LogP contribution is 2.48. The van der Waals surface area contributed by atoms with Crippen molar-refractivity contribution in [1.29, 1.82) is 0 Å². The molecular formula is C26H35N5O2. The first-order valence-corrected chi connectivity index (χ1v) is 12.3. The molecule has 1 aromatic carbocycles. The molecule has 2 unspecified atom stereocenters. The van der Waals surface area contributed by atoms with Crippen LogP contribution < -0.4 is 4.90 Å². The lowest BCUT2D eigenvalue weighted by molar-refractivity contribution is -0.120. The zero-order valence-electron chi connectivity index (χ0n) is 20.3. The molecule has 5 rings (SSSR count). The van der Waals surface area contributed by atoms with E-state index in [-0.39, 0.29) is 5.91 Å². The molecule has 7 heteroatoms. The number of likely N-dealkylation sites (N-methyl/N-ethyl adjacent to an activating group) is 1. The maximum atomic E-state index is 13.0. The second-order valence-electron chi connectivity index (χ2n) is 9.87. The van der Waals surface area contributed by atoms with Crippen molar-refractivity contribution >= 4 is 23.0 Å². The summed E-state index contributed by atoms with van der Waals surface area (Å²) in [7, 11) is 1.87. The number of amides is 1. The van der Waals surface area contributed by atoms with E-state index >= 15 is 0 Å². The smallest absolute Gasteiger partial charge is 0.240 e. The number of aromatic amines is 1. The number of morpholine rings is 1. The van der Waals surface area contributed by atoms with Gasteiger partial charge >= 0.3 is 0 Å². The van der Waals surface area contributed by atoms with Crippen molar-refractivity contribution in [3.05, 3.63) is 40.2 Å². The number of rotatable bonds is 6. The minimum atomic E-state index is 0.0925. The van der Waals surface area contributed by atoms with Crippen molar-refractivity contribution in [2.45, 2.75) is 46.5 Å². The number of anilines is 1. The Bertz CT molecular complexity index is 1080. The van der Waals surface area contributed by atoms with Crippen LogP contribution in [0.4, 0.5) is 11.4 Å². The second kappa shape index (κ2) is 9.03. The van der Waals surface area contributed by atoms with Gasteiger partial charge in [0.25, 0.3) is 0 Å². The molecule has 1 aromatic heterocycles. The van der Waals surface area contributed by atoms with Crippen molar-refractivity contribution in [3.63, 3.8) is 0 Å². The molecule has 33 heavy (non-hydrogen) atoms. The maximum Gasteiger partial charge on any atom is 0.240 e. The van der Waals surface area contributed by atoms with E-state index in [1.54, 1.807) is 4.90 Å². The van der Waals surface area contributed by atoms with E-state index in [9.17, 15) is 4.79 Å². The average molecular weight is 450 g/mol. The molecule has 0 bridgehead atoms. The van der Waals surface area contributed by atoms with Crippen LogP contribution in [0.3, 0.4) is 0 Å². The van der Waals surface area contributed by atoms with Crippen molar-refractivity contribution in [1.82, 2.24) is 15.1 Å². The first-order valence-electron chi connectivity index (χ1n) is 12.3. The standard InChI is InChI=1S/C26H35N5O2/c1-5-21(26-20-12-18-11-19(18)13-23(20)28-29-26)27-22-14-24(17(3)10-16(22)2)30(4)25(32)15-31-6-8-33-9-7-31/h10,14,18-19H,5-9,11-13,15H2,1-4H3,(H,28,29). The van der Waals surface area contributed by atoms with E-state index in [1.165, 1.54) is 17.7 Å². The number of carbonyl (C=O) groups is 1. The largest absolute Gasteiger partial charge is 0.379 e. The van der Waals surface area contributed by atoms with E-state index in [0.29, 0.717) is 19.8 Å². The Morgan fingerprint density at radius 2 is 1.97 bits per heavy atom. The summed E-state index contributed by atoms with van der Waals surface area (Å²) in [5.74, 6) is 1.79. The number of hydrogen-bond donors (Lipinski definition) is 1. The Labute approximate surface area is 196 Å². The van der Waals surface area contributed by atoms with Gasteiger partial charge in [-0.1, -0.05) is 13.0 Å². The van der Waals surface area contributed by atoms with E-state index in [2.05, 4.69) is 48.0 Å². The molecule has 1 amide bonds. The van der Waals surface area contributed by atoms with Gasteiger partial charge in [0.05, 0.1) is 31.2 Å². The predicted octanol–water partition coefficient (Wildman–Crippen LogP) is 3.59. The van der Waals surface area contributed by atoms with Gasteiger partial charge in [-0.05, 0) is 68.6 Å². The molecule has 2 aliphatic carbocycles. The summed E-state index contributed by atoms with van der Waals surface area (Å²) in [6, 6.07) is 4.20. The highest BCUT2D eigenvalue weighted by molar-refractivity contribution is 6.02. The summed E-state index contributed by atoms with van der Waals surface area (Å²) in [4.78, 5) is 22.0.